The average Bonchev–Trinajstić information content (AvgIpc) is 3.20. The topological polar surface area (TPSA) is 119 Å². The standard InChI is InChI=1S/C23H23N5O4S/c1-13(2)19(21(31)32)24-18(29)12-33-23-26-25-22-27(15-10-8-14(3)9-11-15)20(30)16-6-4-5-7-17(16)28(22)23/h4-11,13,19H,12H2,1-3H3,(H,24,29)(H,31,32)/t19-/m0/s1. The number of carbonyl (C=O) groups excluding carboxylic acids is 1. The van der Waals surface area contributed by atoms with Crippen LogP contribution in [0.4, 0.5) is 0 Å². The smallest absolute Gasteiger partial charge is 0.326 e. The van der Waals surface area contributed by atoms with Crippen molar-refractivity contribution in [3.05, 3.63) is 64.4 Å². The average molecular weight is 466 g/mol. The summed E-state index contributed by atoms with van der Waals surface area (Å²) in [5.41, 5.74) is 2.13. The van der Waals surface area contributed by atoms with Crippen LogP contribution in [0.15, 0.2) is 58.5 Å². The van der Waals surface area contributed by atoms with Crippen LogP contribution in [0.3, 0.4) is 0 Å². The Morgan fingerprint density at radius 1 is 1.09 bits per heavy atom. The first-order valence-electron chi connectivity index (χ1n) is 10.4. The zero-order chi connectivity index (χ0) is 23.7. The van der Waals surface area contributed by atoms with Gasteiger partial charge < -0.3 is 10.4 Å². The number of para-hydroxylation sites is 1. The van der Waals surface area contributed by atoms with Crippen molar-refractivity contribution in [3.8, 4) is 5.69 Å². The van der Waals surface area contributed by atoms with E-state index in [0.717, 1.165) is 17.3 Å². The third kappa shape index (κ3) is 4.34. The zero-order valence-corrected chi connectivity index (χ0v) is 19.2. The van der Waals surface area contributed by atoms with Crippen LogP contribution in [-0.2, 0) is 9.59 Å². The Balaban J connectivity index is 1.75. The Hall–Kier alpha value is -3.66. The molecule has 4 aromatic rings. The van der Waals surface area contributed by atoms with E-state index in [1.165, 1.54) is 4.57 Å². The molecule has 2 aromatic heterocycles. The van der Waals surface area contributed by atoms with Gasteiger partial charge in [0.1, 0.15) is 6.04 Å². The van der Waals surface area contributed by atoms with Gasteiger partial charge in [-0.15, -0.1) is 10.2 Å². The number of hydrogen-bond acceptors (Lipinski definition) is 6. The lowest BCUT2D eigenvalue weighted by Crippen LogP contribution is -2.45. The normalized spacial score (nSPS) is 12.4. The van der Waals surface area contributed by atoms with E-state index in [2.05, 4.69) is 15.5 Å². The number of nitrogens with zero attached hydrogens (tertiary/aromatic N) is 4. The Labute approximate surface area is 193 Å². The first-order valence-corrected chi connectivity index (χ1v) is 11.4. The molecule has 4 rings (SSSR count). The van der Waals surface area contributed by atoms with Crippen molar-refractivity contribution in [3.63, 3.8) is 0 Å². The number of fused-ring (bicyclic) bond motifs is 3. The minimum absolute atomic E-state index is 0.0464. The second-order valence-electron chi connectivity index (χ2n) is 8.03. The maximum Gasteiger partial charge on any atom is 0.326 e. The van der Waals surface area contributed by atoms with Gasteiger partial charge in [-0.25, -0.2) is 9.36 Å². The molecular formula is C23H23N5O4S. The molecule has 1 amide bonds. The fourth-order valence-electron chi connectivity index (χ4n) is 3.56. The van der Waals surface area contributed by atoms with Gasteiger partial charge in [0.2, 0.25) is 11.7 Å². The van der Waals surface area contributed by atoms with Gasteiger partial charge in [0, 0.05) is 0 Å². The minimum Gasteiger partial charge on any atom is -0.480 e. The number of aryl methyl sites for hydroxylation is 1. The zero-order valence-electron chi connectivity index (χ0n) is 18.3. The molecule has 0 saturated heterocycles. The second kappa shape index (κ2) is 9.07. The number of nitrogens with one attached hydrogen (secondary N) is 1. The van der Waals surface area contributed by atoms with Crippen molar-refractivity contribution in [1.82, 2.24) is 24.5 Å². The SMILES string of the molecule is Cc1ccc(-n2c(=O)c3ccccc3n3c(SCC(=O)N[C@H](C(=O)O)C(C)C)nnc23)cc1. The van der Waals surface area contributed by atoms with E-state index in [0.29, 0.717) is 27.5 Å². The van der Waals surface area contributed by atoms with Crippen molar-refractivity contribution in [2.45, 2.75) is 32.0 Å². The summed E-state index contributed by atoms with van der Waals surface area (Å²) in [6.45, 7) is 5.43. The highest BCUT2D eigenvalue weighted by atomic mass is 32.2. The third-order valence-corrected chi connectivity index (χ3v) is 6.20. The number of aliphatic carboxylic acids is 1. The number of hydrogen-bond donors (Lipinski definition) is 2. The quantitative estimate of drug-likeness (QED) is 0.403. The monoisotopic (exact) mass is 465 g/mol. The minimum atomic E-state index is -1.08. The summed E-state index contributed by atoms with van der Waals surface area (Å²) >= 11 is 1.13. The number of aromatic nitrogens is 4. The van der Waals surface area contributed by atoms with Crippen LogP contribution < -0.4 is 10.9 Å². The van der Waals surface area contributed by atoms with Gasteiger partial charge >= 0.3 is 5.97 Å². The number of carboxylic acids is 1. The van der Waals surface area contributed by atoms with Crippen LogP contribution >= 0.6 is 11.8 Å². The molecule has 0 saturated carbocycles. The van der Waals surface area contributed by atoms with E-state index in [1.54, 1.807) is 36.4 Å². The molecular weight excluding hydrogens is 442 g/mol. The molecule has 1 atom stereocenters. The van der Waals surface area contributed by atoms with Crippen molar-refractivity contribution < 1.29 is 14.7 Å². The van der Waals surface area contributed by atoms with Gasteiger partial charge in [-0.05, 0) is 37.1 Å². The van der Waals surface area contributed by atoms with Crippen LogP contribution in [0.25, 0.3) is 22.4 Å². The van der Waals surface area contributed by atoms with Crippen molar-refractivity contribution in [2.24, 2.45) is 5.92 Å². The first kappa shape index (κ1) is 22.5. The largest absolute Gasteiger partial charge is 0.480 e. The first-order chi connectivity index (χ1) is 15.8. The number of benzene rings is 2. The summed E-state index contributed by atoms with van der Waals surface area (Å²) in [6.07, 6.45) is 0. The molecule has 0 aliphatic carbocycles. The molecule has 0 aliphatic heterocycles. The third-order valence-electron chi connectivity index (χ3n) is 5.27. The number of rotatable bonds is 7. The second-order valence-corrected chi connectivity index (χ2v) is 8.97. The van der Waals surface area contributed by atoms with Gasteiger partial charge in [-0.2, -0.15) is 0 Å². The molecule has 9 nitrogen and oxygen atoms in total. The summed E-state index contributed by atoms with van der Waals surface area (Å²) in [5.74, 6) is -1.47. The van der Waals surface area contributed by atoms with E-state index >= 15 is 0 Å². The van der Waals surface area contributed by atoms with E-state index < -0.39 is 17.9 Å². The van der Waals surface area contributed by atoms with Gasteiger partial charge in [0.25, 0.3) is 5.56 Å². The summed E-state index contributed by atoms with van der Waals surface area (Å²) in [6, 6.07) is 13.7. The van der Waals surface area contributed by atoms with Gasteiger partial charge in [-0.1, -0.05) is 55.4 Å². The highest BCUT2D eigenvalue weighted by Crippen LogP contribution is 2.23. The number of amides is 1. The van der Waals surface area contributed by atoms with E-state index in [1.807, 2.05) is 37.3 Å². The molecule has 0 spiro atoms. The van der Waals surface area contributed by atoms with Crippen LogP contribution in [0.2, 0.25) is 0 Å². The molecule has 2 heterocycles. The fourth-order valence-corrected chi connectivity index (χ4v) is 4.31. The highest BCUT2D eigenvalue weighted by molar-refractivity contribution is 7.99. The van der Waals surface area contributed by atoms with Crippen LogP contribution in [0.1, 0.15) is 19.4 Å². The van der Waals surface area contributed by atoms with Gasteiger partial charge in [0.15, 0.2) is 5.16 Å². The van der Waals surface area contributed by atoms with E-state index in [9.17, 15) is 19.5 Å². The number of carboxylic acid groups (broad SMARTS) is 1. The predicted octanol–water partition coefficient (Wildman–Crippen LogP) is 2.66. The van der Waals surface area contributed by atoms with Crippen LogP contribution in [0, 0.1) is 12.8 Å². The Morgan fingerprint density at radius 2 is 1.79 bits per heavy atom. The molecule has 33 heavy (non-hydrogen) atoms. The van der Waals surface area contributed by atoms with Crippen molar-refractivity contribution in [2.75, 3.05) is 5.75 Å². The lowest BCUT2D eigenvalue weighted by Gasteiger charge is -2.17. The Morgan fingerprint density at radius 3 is 2.45 bits per heavy atom. The number of carbonyl (C=O) groups is 2. The van der Waals surface area contributed by atoms with E-state index in [-0.39, 0.29) is 17.2 Å². The maximum atomic E-state index is 13.3. The molecule has 0 unspecified atom stereocenters. The van der Waals surface area contributed by atoms with Crippen molar-refractivity contribution in [1.29, 1.82) is 0 Å². The lowest BCUT2D eigenvalue weighted by atomic mass is 10.1. The van der Waals surface area contributed by atoms with Crippen LogP contribution in [-0.4, -0.2) is 47.9 Å². The molecule has 2 N–H and O–H groups in total. The lowest BCUT2D eigenvalue weighted by molar-refractivity contribution is -0.142. The van der Waals surface area contributed by atoms with E-state index in [4.69, 9.17) is 0 Å². The molecule has 170 valence electrons. The molecule has 2 aromatic carbocycles. The summed E-state index contributed by atoms with van der Waals surface area (Å²) in [5, 5.41) is 21.2. The van der Waals surface area contributed by atoms with Crippen molar-refractivity contribution >= 4 is 40.3 Å². The predicted molar refractivity (Wildman–Crippen MR) is 126 cm³/mol. The Bertz CT molecular complexity index is 1410. The van der Waals surface area contributed by atoms with Crippen LogP contribution in [0.5, 0.6) is 0 Å². The summed E-state index contributed by atoms with van der Waals surface area (Å²) in [4.78, 5) is 37.1. The molecule has 0 radical (unpaired) electrons. The highest BCUT2D eigenvalue weighted by Gasteiger charge is 2.24. The Kier molecular flexibility index (Phi) is 6.19. The summed E-state index contributed by atoms with van der Waals surface area (Å²) in [7, 11) is 0. The molecule has 0 fully saturated rings. The summed E-state index contributed by atoms with van der Waals surface area (Å²) < 4.78 is 3.24. The molecule has 0 aliphatic rings. The van der Waals surface area contributed by atoms with Gasteiger partial charge in [-0.3, -0.25) is 14.0 Å². The molecule has 10 heteroatoms. The maximum absolute atomic E-state index is 13.3. The molecule has 0 bridgehead atoms. The fraction of sp³-hybridized carbons (Fsp3) is 0.261. The van der Waals surface area contributed by atoms with Gasteiger partial charge in [0.05, 0.1) is 22.3 Å². The number of thioether (sulfide) groups is 1.